The fourth-order valence-corrected chi connectivity index (χ4v) is 3.09. The molecule has 20 heavy (non-hydrogen) atoms. The second-order valence-electron chi connectivity index (χ2n) is 5.64. The topological polar surface area (TPSA) is 68.0 Å². The molecular formula is C15H19N3O2. The minimum atomic E-state index is -0.844. The van der Waals surface area contributed by atoms with Crippen LogP contribution in [0.5, 0.6) is 0 Å². The highest BCUT2D eigenvalue weighted by Crippen LogP contribution is 2.33. The number of hydrogen-bond donors (Lipinski definition) is 1. The third-order valence-electron chi connectivity index (χ3n) is 4.01. The van der Waals surface area contributed by atoms with E-state index in [1.54, 1.807) is 10.8 Å². The number of carbonyl (C=O) groups is 1. The zero-order valence-corrected chi connectivity index (χ0v) is 11.7. The first-order valence-electron chi connectivity index (χ1n) is 7.19. The summed E-state index contributed by atoms with van der Waals surface area (Å²) in [6.07, 6.45) is 7.64. The number of pyridine rings is 1. The monoisotopic (exact) mass is 273 g/mol. The first-order chi connectivity index (χ1) is 9.65. The van der Waals surface area contributed by atoms with Crippen LogP contribution in [0.3, 0.4) is 0 Å². The van der Waals surface area contributed by atoms with E-state index in [0.29, 0.717) is 11.6 Å². The van der Waals surface area contributed by atoms with Crippen LogP contribution in [0.4, 0.5) is 0 Å². The summed E-state index contributed by atoms with van der Waals surface area (Å²) in [6.45, 7) is 1.92. The van der Waals surface area contributed by atoms with Crippen molar-refractivity contribution in [3.63, 3.8) is 0 Å². The number of carboxylic acid groups (broad SMARTS) is 1. The zero-order chi connectivity index (χ0) is 14.1. The van der Waals surface area contributed by atoms with Gasteiger partial charge in [-0.1, -0.05) is 19.3 Å². The van der Waals surface area contributed by atoms with E-state index in [2.05, 4.69) is 9.97 Å². The summed E-state index contributed by atoms with van der Waals surface area (Å²) in [5, 5.41) is 9.15. The van der Waals surface area contributed by atoms with Crippen molar-refractivity contribution in [1.82, 2.24) is 14.5 Å². The second-order valence-corrected chi connectivity index (χ2v) is 5.64. The molecule has 0 radical (unpaired) electrons. The fraction of sp³-hybridized carbons (Fsp3) is 0.533. The molecule has 0 spiro atoms. The normalized spacial score (nSPS) is 16.6. The number of rotatable bonds is 3. The van der Waals surface area contributed by atoms with E-state index in [9.17, 15) is 4.79 Å². The largest absolute Gasteiger partial charge is 0.480 e. The van der Waals surface area contributed by atoms with Crippen LogP contribution < -0.4 is 0 Å². The standard InChI is InChI=1S/C15H19N3O2/c1-10-7-12-15(16-8-10)18(9-13(19)20)14(17-12)11-5-3-2-4-6-11/h7-8,11H,2-6,9H2,1H3,(H,19,20). The van der Waals surface area contributed by atoms with E-state index < -0.39 is 5.97 Å². The van der Waals surface area contributed by atoms with Crippen molar-refractivity contribution in [3.05, 3.63) is 23.7 Å². The summed E-state index contributed by atoms with van der Waals surface area (Å²) >= 11 is 0. The molecule has 0 aliphatic heterocycles. The first kappa shape index (κ1) is 13.1. The van der Waals surface area contributed by atoms with Gasteiger partial charge in [0.1, 0.15) is 17.9 Å². The minimum Gasteiger partial charge on any atom is -0.480 e. The Labute approximate surface area is 117 Å². The Hall–Kier alpha value is -1.91. The van der Waals surface area contributed by atoms with Gasteiger partial charge in [-0.3, -0.25) is 4.79 Å². The van der Waals surface area contributed by atoms with Crippen LogP contribution in [0.25, 0.3) is 11.2 Å². The Morgan fingerprint density at radius 3 is 2.85 bits per heavy atom. The predicted molar refractivity (Wildman–Crippen MR) is 75.7 cm³/mol. The first-order valence-corrected chi connectivity index (χ1v) is 7.19. The van der Waals surface area contributed by atoms with Crippen molar-refractivity contribution in [2.24, 2.45) is 0 Å². The van der Waals surface area contributed by atoms with E-state index in [0.717, 1.165) is 29.7 Å². The van der Waals surface area contributed by atoms with E-state index in [4.69, 9.17) is 5.11 Å². The summed E-state index contributed by atoms with van der Waals surface area (Å²) in [5.74, 6) is 0.432. The van der Waals surface area contributed by atoms with Gasteiger partial charge in [-0.05, 0) is 31.4 Å². The van der Waals surface area contributed by atoms with Crippen LogP contribution in [-0.2, 0) is 11.3 Å². The maximum Gasteiger partial charge on any atom is 0.323 e. The number of aliphatic carboxylic acids is 1. The van der Waals surface area contributed by atoms with Crippen molar-refractivity contribution in [2.45, 2.75) is 51.5 Å². The highest BCUT2D eigenvalue weighted by molar-refractivity contribution is 5.75. The van der Waals surface area contributed by atoms with Crippen molar-refractivity contribution in [2.75, 3.05) is 0 Å². The number of aromatic nitrogens is 3. The molecular weight excluding hydrogens is 254 g/mol. The second kappa shape index (κ2) is 5.23. The van der Waals surface area contributed by atoms with E-state index in [1.165, 1.54) is 19.3 Å². The molecule has 0 amide bonds. The third kappa shape index (κ3) is 2.40. The van der Waals surface area contributed by atoms with Gasteiger partial charge in [0.25, 0.3) is 0 Å². The highest BCUT2D eigenvalue weighted by atomic mass is 16.4. The van der Waals surface area contributed by atoms with Gasteiger partial charge in [0.15, 0.2) is 5.65 Å². The molecule has 1 saturated carbocycles. The number of fused-ring (bicyclic) bond motifs is 1. The number of hydrogen-bond acceptors (Lipinski definition) is 3. The fourth-order valence-electron chi connectivity index (χ4n) is 3.09. The quantitative estimate of drug-likeness (QED) is 0.933. The lowest BCUT2D eigenvalue weighted by atomic mass is 9.88. The number of imidazole rings is 1. The molecule has 2 aromatic rings. The van der Waals surface area contributed by atoms with E-state index >= 15 is 0 Å². The molecule has 5 heteroatoms. The number of carboxylic acids is 1. The molecule has 0 aromatic carbocycles. The Bertz CT molecular complexity index is 642. The van der Waals surface area contributed by atoms with Gasteiger partial charge < -0.3 is 9.67 Å². The van der Waals surface area contributed by atoms with E-state index in [1.807, 2.05) is 13.0 Å². The maximum absolute atomic E-state index is 11.1. The molecule has 0 saturated heterocycles. The number of aryl methyl sites for hydroxylation is 1. The van der Waals surface area contributed by atoms with Gasteiger partial charge in [0.05, 0.1) is 0 Å². The maximum atomic E-state index is 11.1. The average Bonchev–Trinajstić information content (AvgIpc) is 2.77. The molecule has 3 rings (SSSR count). The minimum absolute atomic E-state index is 0.0571. The van der Waals surface area contributed by atoms with Crippen LogP contribution in [0, 0.1) is 6.92 Å². The molecule has 2 heterocycles. The lowest BCUT2D eigenvalue weighted by Crippen LogP contribution is -2.16. The van der Waals surface area contributed by atoms with Crippen molar-refractivity contribution in [3.8, 4) is 0 Å². The Morgan fingerprint density at radius 1 is 1.40 bits per heavy atom. The smallest absolute Gasteiger partial charge is 0.323 e. The molecule has 0 bridgehead atoms. The lowest BCUT2D eigenvalue weighted by molar-refractivity contribution is -0.137. The van der Waals surface area contributed by atoms with E-state index in [-0.39, 0.29) is 6.54 Å². The molecule has 2 aromatic heterocycles. The Morgan fingerprint density at radius 2 is 2.15 bits per heavy atom. The van der Waals surface area contributed by atoms with Gasteiger partial charge in [-0.2, -0.15) is 0 Å². The predicted octanol–water partition coefficient (Wildman–Crippen LogP) is 2.87. The average molecular weight is 273 g/mol. The van der Waals surface area contributed by atoms with Crippen LogP contribution in [0.1, 0.15) is 49.4 Å². The molecule has 1 aliphatic rings. The summed E-state index contributed by atoms with van der Waals surface area (Å²) in [6, 6.07) is 1.98. The van der Waals surface area contributed by atoms with Crippen molar-refractivity contribution >= 4 is 17.1 Å². The molecule has 1 N–H and O–H groups in total. The van der Waals surface area contributed by atoms with Gasteiger partial charge in [0.2, 0.25) is 0 Å². The molecule has 106 valence electrons. The molecule has 1 fully saturated rings. The molecule has 5 nitrogen and oxygen atoms in total. The summed E-state index contributed by atoms with van der Waals surface area (Å²) in [7, 11) is 0. The lowest BCUT2D eigenvalue weighted by Gasteiger charge is -2.21. The number of nitrogens with zero attached hydrogens (tertiary/aromatic N) is 3. The summed E-state index contributed by atoms with van der Waals surface area (Å²) < 4.78 is 1.78. The molecule has 0 atom stereocenters. The van der Waals surface area contributed by atoms with Crippen LogP contribution in [-0.4, -0.2) is 25.6 Å². The van der Waals surface area contributed by atoms with Gasteiger partial charge in [-0.15, -0.1) is 0 Å². The molecule has 1 aliphatic carbocycles. The van der Waals surface area contributed by atoms with Crippen molar-refractivity contribution < 1.29 is 9.90 Å². The van der Waals surface area contributed by atoms with Gasteiger partial charge >= 0.3 is 5.97 Å². The molecule has 0 unspecified atom stereocenters. The van der Waals surface area contributed by atoms with Gasteiger partial charge in [-0.25, -0.2) is 9.97 Å². The van der Waals surface area contributed by atoms with Gasteiger partial charge in [0, 0.05) is 12.1 Å². The Balaban J connectivity index is 2.10. The third-order valence-corrected chi connectivity index (χ3v) is 4.01. The summed E-state index contributed by atoms with van der Waals surface area (Å²) in [4.78, 5) is 20.2. The summed E-state index contributed by atoms with van der Waals surface area (Å²) in [5.41, 5.74) is 2.55. The highest BCUT2D eigenvalue weighted by Gasteiger charge is 2.23. The SMILES string of the molecule is Cc1cnc2c(c1)nc(C1CCCCC1)n2CC(=O)O. The Kier molecular flexibility index (Phi) is 3.42. The van der Waals surface area contributed by atoms with Crippen LogP contribution >= 0.6 is 0 Å². The van der Waals surface area contributed by atoms with Crippen LogP contribution in [0.2, 0.25) is 0 Å². The zero-order valence-electron chi connectivity index (χ0n) is 11.7. The van der Waals surface area contributed by atoms with Crippen LogP contribution in [0.15, 0.2) is 12.3 Å². The van der Waals surface area contributed by atoms with Crippen molar-refractivity contribution in [1.29, 1.82) is 0 Å².